The lowest BCUT2D eigenvalue weighted by molar-refractivity contribution is -0.111. The van der Waals surface area contributed by atoms with E-state index >= 15 is 0 Å². The molecule has 0 bridgehead atoms. The van der Waals surface area contributed by atoms with Gasteiger partial charge in [-0.15, -0.1) is 10.2 Å². The SMILES string of the molecule is Cc1nnc2sc(-c3ccc(NC(=O)C=Cc4ccc(-c5cccc(Cl)c5Cl)o4)cc3)nn12. The number of furan rings is 1. The molecule has 0 radical (unpaired) electrons. The first-order chi connectivity index (χ1) is 16.0. The average Bonchev–Trinajstić information content (AvgIpc) is 3.53. The van der Waals surface area contributed by atoms with Crippen LogP contribution in [0.15, 0.2) is 65.1 Å². The van der Waals surface area contributed by atoms with E-state index in [-0.39, 0.29) is 5.91 Å². The fourth-order valence-corrected chi connectivity index (χ4v) is 4.43. The summed E-state index contributed by atoms with van der Waals surface area (Å²) >= 11 is 13.8. The van der Waals surface area contributed by atoms with E-state index in [1.165, 1.54) is 17.4 Å². The fourth-order valence-electron chi connectivity index (χ4n) is 3.15. The second-order valence-corrected chi connectivity index (χ2v) is 8.79. The minimum atomic E-state index is -0.282. The first-order valence-electron chi connectivity index (χ1n) is 9.80. The molecule has 33 heavy (non-hydrogen) atoms. The summed E-state index contributed by atoms with van der Waals surface area (Å²) in [5, 5.41) is 17.1. The van der Waals surface area contributed by atoms with Crippen LogP contribution in [0.2, 0.25) is 10.0 Å². The Balaban J connectivity index is 1.24. The number of halogens is 2. The number of anilines is 1. The number of rotatable bonds is 5. The maximum Gasteiger partial charge on any atom is 0.248 e. The molecule has 3 heterocycles. The molecule has 0 fully saturated rings. The Labute approximate surface area is 202 Å². The van der Waals surface area contributed by atoms with E-state index in [0.717, 1.165) is 21.4 Å². The molecule has 2 aromatic carbocycles. The first-order valence-corrected chi connectivity index (χ1v) is 11.4. The van der Waals surface area contributed by atoms with Crippen molar-refractivity contribution in [1.82, 2.24) is 19.8 Å². The molecular formula is C23H15Cl2N5O2S. The van der Waals surface area contributed by atoms with Crippen molar-refractivity contribution < 1.29 is 9.21 Å². The summed E-state index contributed by atoms with van der Waals surface area (Å²) in [6.07, 6.45) is 3.00. The molecule has 0 saturated carbocycles. The lowest BCUT2D eigenvalue weighted by Gasteiger charge is -2.03. The normalized spacial score (nSPS) is 11.5. The Kier molecular flexibility index (Phi) is 5.72. The Morgan fingerprint density at radius 3 is 2.70 bits per heavy atom. The molecular weight excluding hydrogens is 481 g/mol. The van der Waals surface area contributed by atoms with Crippen molar-refractivity contribution >= 4 is 57.2 Å². The van der Waals surface area contributed by atoms with Crippen LogP contribution >= 0.6 is 34.5 Å². The highest BCUT2D eigenvalue weighted by molar-refractivity contribution is 7.19. The smallest absolute Gasteiger partial charge is 0.248 e. The van der Waals surface area contributed by atoms with Gasteiger partial charge >= 0.3 is 0 Å². The van der Waals surface area contributed by atoms with Gasteiger partial charge in [-0.25, -0.2) is 0 Å². The summed E-state index contributed by atoms with van der Waals surface area (Å²) in [6, 6.07) is 16.3. The van der Waals surface area contributed by atoms with Crippen molar-refractivity contribution in [2.75, 3.05) is 5.32 Å². The van der Waals surface area contributed by atoms with Gasteiger partial charge in [0.1, 0.15) is 16.5 Å². The quantitative estimate of drug-likeness (QED) is 0.286. The monoisotopic (exact) mass is 495 g/mol. The lowest BCUT2D eigenvalue weighted by atomic mass is 10.2. The fraction of sp³-hybridized carbons (Fsp3) is 0.0435. The standard InChI is InChI=1S/C23H15Cl2N5O2S/c1-13-27-28-23-30(13)29-22(33-23)14-5-7-15(8-6-14)26-20(31)12-10-16-9-11-19(32-16)17-3-2-4-18(24)21(17)25/h2-12H,1H3,(H,26,31). The Morgan fingerprint density at radius 1 is 1.09 bits per heavy atom. The first kappa shape index (κ1) is 21.4. The predicted molar refractivity (Wildman–Crippen MR) is 131 cm³/mol. The second-order valence-electron chi connectivity index (χ2n) is 7.05. The summed E-state index contributed by atoms with van der Waals surface area (Å²) in [5.74, 6) is 1.54. The molecule has 164 valence electrons. The van der Waals surface area contributed by atoms with Gasteiger partial charge in [0, 0.05) is 22.9 Å². The van der Waals surface area contributed by atoms with E-state index < -0.39 is 0 Å². The van der Waals surface area contributed by atoms with Crippen molar-refractivity contribution in [2.45, 2.75) is 6.92 Å². The van der Waals surface area contributed by atoms with Crippen LogP contribution in [0.1, 0.15) is 11.6 Å². The summed E-state index contributed by atoms with van der Waals surface area (Å²) in [4.78, 5) is 13.1. The number of carbonyl (C=O) groups excluding carboxylic acids is 1. The van der Waals surface area contributed by atoms with Crippen molar-refractivity contribution in [3.05, 3.63) is 82.3 Å². The zero-order chi connectivity index (χ0) is 22.9. The number of hydrogen-bond acceptors (Lipinski definition) is 6. The van der Waals surface area contributed by atoms with Crippen LogP contribution in [0.3, 0.4) is 0 Å². The molecule has 0 unspecified atom stereocenters. The van der Waals surface area contributed by atoms with Crippen molar-refractivity contribution in [3.63, 3.8) is 0 Å². The summed E-state index contributed by atoms with van der Waals surface area (Å²) in [7, 11) is 0. The highest BCUT2D eigenvalue weighted by atomic mass is 35.5. The Bertz CT molecular complexity index is 1500. The Morgan fingerprint density at radius 2 is 1.91 bits per heavy atom. The van der Waals surface area contributed by atoms with Crippen LogP contribution in [0.25, 0.3) is 32.9 Å². The molecule has 0 atom stereocenters. The molecule has 0 saturated heterocycles. The van der Waals surface area contributed by atoms with E-state index in [2.05, 4.69) is 20.6 Å². The molecule has 7 nitrogen and oxygen atoms in total. The third-order valence-corrected chi connectivity index (χ3v) is 6.56. The number of benzene rings is 2. The molecule has 3 aromatic heterocycles. The molecule has 5 rings (SSSR count). The van der Waals surface area contributed by atoms with Gasteiger partial charge in [-0.2, -0.15) is 9.61 Å². The van der Waals surface area contributed by atoms with Crippen LogP contribution < -0.4 is 5.32 Å². The maximum absolute atomic E-state index is 12.3. The predicted octanol–water partition coefficient (Wildman–Crippen LogP) is 6.38. The molecule has 1 amide bonds. The average molecular weight is 496 g/mol. The van der Waals surface area contributed by atoms with Gasteiger partial charge in [-0.3, -0.25) is 4.79 Å². The largest absolute Gasteiger partial charge is 0.457 e. The summed E-state index contributed by atoms with van der Waals surface area (Å²) < 4.78 is 7.48. The summed E-state index contributed by atoms with van der Waals surface area (Å²) in [6.45, 7) is 1.85. The van der Waals surface area contributed by atoms with Crippen LogP contribution in [-0.4, -0.2) is 25.7 Å². The third kappa shape index (κ3) is 4.41. The molecule has 10 heteroatoms. The number of hydrogen-bond donors (Lipinski definition) is 1. The van der Waals surface area contributed by atoms with Gasteiger partial charge in [-0.1, -0.05) is 40.6 Å². The molecule has 0 spiro atoms. The Hall–Kier alpha value is -3.46. The van der Waals surface area contributed by atoms with E-state index in [9.17, 15) is 4.79 Å². The third-order valence-electron chi connectivity index (χ3n) is 4.79. The van der Waals surface area contributed by atoms with E-state index in [1.807, 2.05) is 37.3 Å². The van der Waals surface area contributed by atoms with Gasteiger partial charge < -0.3 is 9.73 Å². The van der Waals surface area contributed by atoms with Crippen LogP contribution in [-0.2, 0) is 4.79 Å². The second kappa shape index (κ2) is 8.82. The number of nitrogens with one attached hydrogen (secondary N) is 1. The number of carbonyl (C=O) groups is 1. The van der Waals surface area contributed by atoms with Crippen molar-refractivity contribution in [2.24, 2.45) is 0 Å². The van der Waals surface area contributed by atoms with Gasteiger partial charge in [0.15, 0.2) is 5.82 Å². The van der Waals surface area contributed by atoms with Crippen molar-refractivity contribution in [3.8, 4) is 21.9 Å². The molecule has 0 aliphatic rings. The van der Waals surface area contributed by atoms with Crippen LogP contribution in [0.4, 0.5) is 5.69 Å². The topological polar surface area (TPSA) is 85.3 Å². The molecule has 5 aromatic rings. The minimum absolute atomic E-state index is 0.282. The van der Waals surface area contributed by atoms with E-state index in [1.54, 1.807) is 34.9 Å². The van der Waals surface area contributed by atoms with Crippen LogP contribution in [0, 0.1) is 6.92 Å². The number of fused-ring (bicyclic) bond motifs is 1. The number of aryl methyl sites for hydroxylation is 1. The van der Waals surface area contributed by atoms with Gasteiger partial charge in [0.25, 0.3) is 0 Å². The number of nitrogens with zero attached hydrogens (tertiary/aromatic N) is 4. The zero-order valence-corrected chi connectivity index (χ0v) is 19.4. The highest BCUT2D eigenvalue weighted by Gasteiger charge is 2.12. The molecule has 0 aliphatic heterocycles. The van der Waals surface area contributed by atoms with Gasteiger partial charge in [0.05, 0.1) is 10.0 Å². The zero-order valence-electron chi connectivity index (χ0n) is 17.1. The summed E-state index contributed by atoms with van der Waals surface area (Å²) in [5.41, 5.74) is 2.29. The maximum atomic E-state index is 12.3. The van der Waals surface area contributed by atoms with E-state index in [0.29, 0.717) is 32.8 Å². The van der Waals surface area contributed by atoms with Gasteiger partial charge in [0.2, 0.25) is 10.9 Å². The van der Waals surface area contributed by atoms with Crippen LogP contribution in [0.5, 0.6) is 0 Å². The van der Waals surface area contributed by atoms with E-state index in [4.69, 9.17) is 27.6 Å². The van der Waals surface area contributed by atoms with Crippen molar-refractivity contribution in [1.29, 1.82) is 0 Å². The molecule has 1 N–H and O–H groups in total. The number of aromatic nitrogens is 4. The molecule has 0 aliphatic carbocycles. The minimum Gasteiger partial charge on any atom is -0.457 e. The lowest BCUT2D eigenvalue weighted by Crippen LogP contribution is -2.07. The highest BCUT2D eigenvalue weighted by Crippen LogP contribution is 2.34. The van der Waals surface area contributed by atoms with Gasteiger partial charge in [-0.05, 0) is 61.5 Å². The number of amides is 1.